The van der Waals surface area contributed by atoms with E-state index >= 15 is 0 Å². The molecule has 1 heterocycles. The number of anilines is 1. The lowest BCUT2D eigenvalue weighted by Gasteiger charge is -2.22. The summed E-state index contributed by atoms with van der Waals surface area (Å²) >= 11 is 3.59. The lowest BCUT2D eigenvalue weighted by Crippen LogP contribution is -2.20. The van der Waals surface area contributed by atoms with Crippen molar-refractivity contribution in [2.75, 3.05) is 29.1 Å². The summed E-state index contributed by atoms with van der Waals surface area (Å²) < 4.78 is 0. The fraction of sp³-hybridized carbons (Fsp3) is 0.533. The van der Waals surface area contributed by atoms with Gasteiger partial charge in [0.15, 0.2) is 0 Å². The highest BCUT2D eigenvalue weighted by molar-refractivity contribution is 7.99. The predicted octanol–water partition coefficient (Wildman–Crippen LogP) is 4.05. The number of thioether (sulfide) groups is 2. The smallest absolute Gasteiger partial charge is 0.338 e. The molecule has 1 aromatic carbocycles. The molecule has 1 fully saturated rings. The number of hydrogen-bond acceptors (Lipinski definition) is 4. The van der Waals surface area contributed by atoms with Crippen LogP contribution in [-0.4, -0.2) is 34.9 Å². The van der Waals surface area contributed by atoms with E-state index in [2.05, 4.69) is 5.32 Å². The number of nitrogens with one attached hydrogen (secondary N) is 1. The van der Waals surface area contributed by atoms with Gasteiger partial charge in [0, 0.05) is 17.1 Å². The molecule has 0 aromatic heterocycles. The Bertz CT molecular complexity index is 459. The summed E-state index contributed by atoms with van der Waals surface area (Å²) in [5, 5.41) is 12.8. The van der Waals surface area contributed by atoms with E-state index in [0.717, 1.165) is 22.9 Å². The number of carboxylic acids is 1. The number of carbonyl (C=O) groups is 1. The standard InChI is InChI=1S/C15H21NO2S2/c1-2-20-13-5-3-4-12(14(13)15(17)18)16-10-11-6-8-19-9-7-11/h3-5,11,16H,2,6-10H2,1H3,(H,17,18). The summed E-state index contributed by atoms with van der Waals surface area (Å²) in [6.45, 7) is 2.91. The molecule has 110 valence electrons. The minimum atomic E-state index is -0.844. The number of benzene rings is 1. The minimum Gasteiger partial charge on any atom is -0.478 e. The van der Waals surface area contributed by atoms with Gasteiger partial charge in [0.25, 0.3) is 0 Å². The zero-order valence-electron chi connectivity index (χ0n) is 11.7. The maximum absolute atomic E-state index is 11.5. The van der Waals surface area contributed by atoms with Crippen molar-refractivity contribution < 1.29 is 9.90 Å². The Morgan fingerprint density at radius 1 is 1.45 bits per heavy atom. The van der Waals surface area contributed by atoms with Gasteiger partial charge in [-0.2, -0.15) is 11.8 Å². The first-order valence-corrected chi connectivity index (χ1v) is 9.17. The zero-order chi connectivity index (χ0) is 14.4. The number of hydrogen-bond donors (Lipinski definition) is 2. The fourth-order valence-electron chi connectivity index (χ4n) is 2.38. The van der Waals surface area contributed by atoms with Crippen LogP contribution in [0.15, 0.2) is 23.1 Å². The van der Waals surface area contributed by atoms with Gasteiger partial charge in [-0.1, -0.05) is 13.0 Å². The monoisotopic (exact) mass is 311 g/mol. The summed E-state index contributed by atoms with van der Waals surface area (Å²) in [6.07, 6.45) is 2.45. The van der Waals surface area contributed by atoms with Crippen LogP contribution in [-0.2, 0) is 0 Å². The predicted molar refractivity (Wildman–Crippen MR) is 88.3 cm³/mol. The molecule has 20 heavy (non-hydrogen) atoms. The van der Waals surface area contributed by atoms with Gasteiger partial charge in [-0.05, 0) is 48.2 Å². The summed E-state index contributed by atoms with van der Waals surface area (Å²) in [5.74, 6) is 3.15. The molecule has 1 saturated heterocycles. The first kappa shape index (κ1) is 15.6. The highest BCUT2D eigenvalue weighted by Crippen LogP contribution is 2.29. The van der Waals surface area contributed by atoms with E-state index in [1.807, 2.05) is 36.9 Å². The molecule has 0 saturated carbocycles. The molecule has 3 nitrogen and oxygen atoms in total. The molecule has 0 aliphatic carbocycles. The molecule has 2 rings (SSSR count). The Morgan fingerprint density at radius 2 is 2.20 bits per heavy atom. The van der Waals surface area contributed by atoms with Crippen LogP contribution in [0.2, 0.25) is 0 Å². The van der Waals surface area contributed by atoms with Crippen molar-refractivity contribution in [2.45, 2.75) is 24.7 Å². The molecule has 5 heteroatoms. The highest BCUT2D eigenvalue weighted by atomic mass is 32.2. The molecular formula is C15H21NO2S2. The first-order chi connectivity index (χ1) is 9.72. The molecule has 0 bridgehead atoms. The second-order valence-corrected chi connectivity index (χ2v) is 7.38. The van der Waals surface area contributed by atoms with Gasteiger partial charge >= 0.3 is 5.97 Å². The average Bonchev–Trinajstić information content (AvgIpc) is 2.46. The van der Waals surface area contributed by atoms with E-state index in [-0.39, 0.29) is 0 Å². The van der Waals surface area contributed by atoms with Crippen LogP contribution in [0, 0.1) is 5.92 Å². The zero-order valence-corrected chi connectivity index (χ0v) is 13.4. The summed E-state index contributed by atoms with van der Waals surface area (Å²) in [7, 11) is 0. The van der Waals surface area contributed by atoms with Crippen molar-refractivity contribution in [3.8, 4) is 0 Å². The molecule has 0 atom stereocenters. The van der Waals surface area contributed by atoms with Crippen molar-refractivity contribution in [1.82, 2.24) is 0 Å². The van der Waals surface area contributed by atoms with Crippen LogP contribution in [0.1, 0.15) is 30.1 Å². The van der Waals surface area contributed by atoms with Crippen LogP contribution in [0.4, 0.5) is 5.69 Å². The quantitative estimate of drug-likeness (QED) is 0.776. The van der Waals surface area contributed by atoms with Gasteiger partial charge in [0.1, 0.15) is 0 Å². The maximum atomic E-state index is 11.5. The van der Waals surface area contributed by atoms with Crippen LogP contribution in [0.3, 0.4) is 0 Å². The van der Waals surface area contributed by atoms with Crippen LogP contribution < -0.4 is 5.32 Å². The molecule has 1 aliphatic heterocycles. The van der Waals surface area contributed by atoms with E-state index in [1.54, 1.807) is 11.8 Å². The molecule has 1 aromatic rings. The molecule has 0 radical (unpaired) electrons. The Morgan fingerprint density at radius 3 is 2.85 bits per heavy atom. The third kappa shape index (κ3) is 4.09. The normalized spacial score (nSPS) is 16.1. The highest BCUT2D eigenvalue weighted by Gasteiger charge is 2.18. The van der Waals surface area contributed by atoms with Crippen LogP contribution in [0.25, 0.3) is 0 Å². The van der Waals surface area contributed by atoms with E-state index in [4.69, 9.17) is 0 Å². The summed E-state index contributed by atoms with van der Waals surface area (Å²) in [6, 6.07) is 5.70. The Balaban J connectivity index is 2.09. The van der Waals surface area contributed by atoms with Crippen molar-refractivity contribution in [3.63, 3.8) is 0 Å². The minimum absolute atomic E-state index is 0.421. The molecule has 0 unspecified atom stereocenters. The molecule has 0 amide bonds. The maximum Gasteiger partial charge on any atom is 0.338 e. The van der Waals surface area contributed by atoms with Gasteiger partial charge in [-0.3, -0.25) is 0 Å². The Labute approximate surface area is 128 Å². The molecule has 0 spiro atoms. The average molecular weight is 311 g/mol. The number of carboxylic acid groups (broad SMARTS) is 1. The van der Waals surface area contributed by atoms with Crippen LogP contribution >= 0.6 is 23.5 Å². The second kappa shape index (κ2) is 7.84. The first-order valence-electron chi connectivity index (χ1n) is 7.03. The second-order valence-electron chi connectivity index (χ2n) is 4.85. The van der Waals surface area contributed by atoms with Crippen molar-refractivity contribution in [3.05, 3.63) is 23.8 Å². The van der Waals surface area contributed by atoms with E-state index in [1.165, 1.54) is 24.3 Å². The Kier molecular flexibility index (Phi) is 6.10. The number of aromatic carboxylic acids is 1. The largest absolute Gasteiger partial charge is 0.478 e. The molecule has 2 N–H and O–H groups in total. The van der Waals surface area contributed by atoms with Crippen molar-refractivity contribution >= 4 is 35.2 Å². The van der Waals surface area contributed by atoms with Crippen molar-refractivity contribution in [1.29, 1.82) is 0 Å². The van der Waals surface area contributed by atoms with E-state index in [0.29, 0.717) is 11.5 Å². The van der Waals surface area contributed by atoms with Gasteiger partial charge < -0.3 is 10.4 Å². The number of rotatable bonds is 6. The summed E-state index contributed by atoms with van der Waals surface area (Å²) in [5.41, 5.74) is 1.18. The third-order valence-electron chi connectivity index (χ3n) is 3.46. The van der Waals surface area contributed by atoms with Gasteiger partial charge in [0.05, 0.1) is 5.56 Å². The van der Waals surface area contributed by atoms with E-state index in [9.17, 15) is 9.90 Å². The lowest BCUT2D eigenvalue weighted by molar-refractivity contribution is 0.0694. The van der Waals surface area contributed by atoms with Gasteiger partial charge in [-0.15, -0.1) is 11.8 Å². The van der Waals surface area contributed by atoms with Gasteiger partial charge in [0.2, 0.25) is 0 Å². The SMILES string of the molecule is CCSc1cccc(NCC2CCSCC2)c1C(=O)O. The molecular weight excluding hydrogens is 290 g/mol. The third-order valence-corrected chi connectivity index (χ3v) is 5.45. The van der Waals surface area contributed by atoms with Gasteiger partial charge in [-0.25, -0.2) is 4.79 Å². The summed E-state index contributed by atoms with van der Waals surface area (Å²) in [4.78, 5) is 12.4. The van der Waals surface area contributed by atoms with Crippen LogP contribution in [0.5, 0.6) is 0 Å². The lowest BCUT2D eigenvalue weighted by atomic mass is 10.0. The fourth-order valence-corrected chi connectivity index (χ4v) is 4.41. The van der Waals surface area contributed by atoms with E-state index < -0.39 is 5.97 Å². The Hall–Kier alpha value is -0.810. The molecule has 1 aliphatic rings. The van der Waals surface area contributed by atoms with Crippen molar-refractivity contribution in [2.24, 2.45) is 5.92 Å². The topological polar surface area (TPSA) is 49.3 Å².